The number of aliphatic hydroxyl groups is 1. The van der Waals surface area contributed by atoms with Crippen molar-refractivity contribution in [1.29, 1.82) is 0 Å². The number of rotatable bonds is 2. The van der Waals surface area contributed by atoms with Gasteiger partial charge in [-0.05, 0) is 18.2 Å². The summed E-state index contributed by atoms with van der Waals surface area (Å²) in [5.41, 5.74) is 3.26. The first-order chi connectivity index (χ1) is 8.40. The van der Waals surface area contributed by atoms with E-state index in [0.717, 1.165) is 22.3 Å². The molecule has 0 unspecified atom stereocenters. The summed E-state index contributed by atoms with van der Waals surface area (Å²) >= 11 is 0. The van der Waals surface area contributed by atoms with Crippen LogP contribution in [0.1, 0.15) is 5.56 Å². The van der Waals surface area contributed by atoms with E-state index < -0.39 is 0 Å². The second-order valence-electron chi connectivity index (χ2n) is 3.65. The Labute approximate surface area is 97.3 Å². The zero-order valence-corrected chi connectivity index (χ0v) is 8.98. The number of para-hydroxylation sites is 1. The molecular weight excluding hydrogens is 216 g/mol. The third kappa shape index (κ3) is 1.57. The molecule has 2 aromatic heterocycles. The average Bonchev–Trinajstić information content (AvgIpc) is 2.82. The lowest BCUT2D eigenvalue weighted by Gasteiger charge is -2.06. The van der Waals surface area contributed by atoms with Gasteiger partial charge in [-0.25, -0.2) is 4.68 Å². The number of benzene rings is 1. The molecule has 0 aliphatic carbocycles. The summed E-state index contributed by atoms with van der Waals surface area (Å²) in [4.78, 5) is 3.98. The molecule has 0 aliphatic rings. The largest absolute Gasteiger partial charge is 0.392 e. The summed E-state index contributed by atoms with van der Waals surface area (Å²) < 4.78 is 1.71. The van der Waals surface area contributed by atoms with E-state index in [4.69, 9.17) is 0 Å². The van der Waals surface area contributed by atoms with Gasteiger partial charge >= 0.3 is 0 Å². The Hall–Kier alpha value is -2.27. The molecule has 0 bridgehead atoms. The molecule has 0 fully saturated rings. The summed E-state index contributed by atoms with van der Waals surface area (Å²) in [5.74, 6) is 0. The summed E-state index contributed by atoms with van der Waals surface area (Å²) in [5, 5.41) is 17.5. The van der Waals surface area contributed by atoms with Crippen LogP contribution in [0, 0.1) is 0 Å². The van der Waals surface area contributed by atoms with Crippen molar-refractivity contribution >= 4 is 11.0 Å². The van der Waals surface area contributed by atoms with Gasteiger partial charge in [-0.3, -0.25) is 4.98 Å². The third-order valence-corrected chi connectivity index (χ3v) is 2.63. The highest BCUT2D eigenvalue weighted by atomic mass is 16.3. The minimum atomic E-state index is -0.0721. The fourth-order valence-electron chi connectivity index (χ4n) is 1.80. The monoisotopic (exact) mass is 226 g/mol. The molecule has 5 heteroatoms. The van der Waals surface area contributed by atoms with Crippen LogP contribution in [-0.2, 0) is 6.61 Å². The summed E-state index contributed by atoms with van der Waals surface area (Å²) in [6.07, 6.45) is 3.30. The van der Waals surface area contributed by atoms with Crippen molar-refractivity contribution in [2.75, 3.05) is 0 Å². The Morgan fingerprint density at radius 1 is 1.18 bits per heavy atom. The van der Waals surface area contributed by atoms with Crippen LogP contribution < -0.4 is 0 Å². The van der Waals surface area contributed by atoms with Gasteiger partial charge in [0.15, 0.2) is 0 Å². The topological polar surface area (TPSA) is 63.8 Å². The zero-order valence-electron chi connectivity index (χ0n) is 8.98. The lowest BCUT2D eigenvalue weighted by atomic mass is 10.2. The van der Waals surface area contributed by atoms with Gasteiger partial charge in [-0.2, -0.15) is 0 Å². The highest BCUT2D eigenvalue weighted by Gasteiger charge is 2.09. The van der Waals surface area contributed by atoms with Gasteiger partial charge in [-0.1, -0.05) is 17.3 Å². The Morgan fingerprint density at radius 2 is 2.06 bits per heavy atom. The van der Waals surface area contributed by atoms with E-state index in [0.29, 0.717) is 0 Å². The molecule has 84 valence electrons. The summed E-state index contributed by atoms with van der Waals surface area (Å²) in [6, 6.07) is 9.51. The first-order valence-corrected chi connectivity index (χ1v) is 5.25. The highest BCUT2D eigenvalue weighted by molar-refractivity contribution is 5.76. The molecule has 5 nitrogen and oxygen atoms in total. The van der Waals surface area contributed by atoms with Gasteiger partial charge in [0.2, 0.25) is 0 Å². The van der Waals surface area contributed by atoms with Gasteiger partial charge in [-0.15, -0.1) is 5.10 Å². The molecule has 0 saturated heterocycles. The SMILES string of the molecule is OCc1cnccc1-n1nnc2ccccc21. The number of nitrogens with zero attached hydrogens (tertiary/aromatic N) is 4. The summed E-state index contributed by atoms with van der Waals surface area (Å²) in [6.45, 7) is -0.0721. The summed E-state index contributed by atoms with van der Waals surface area (Å²) in [7, 11) is 0. The molecule has 1 N–H and O–H groups in total. The second kappa shape index (κ2) is 3.95. The average molecular weight is 226 g/mol. The lowest BCUT2D eigenvalue weighted by molar-refractivity contribution is 0.281. The van der Waals surface area contributed by atoms with Gasteiger partial charge in [0, 0.05) is 18.0 Å². The van der Waals surface area contributed by atoms with Crippen LogP contribution in [0.2, 0.25) is 0 Å². The fraction of sp³-hybridized carbons (Fsp3) is 0.0833. The van der Waals surface area contributed by atoms with E-state index in [2.05, 4.69) is 15.3 Å². The number of hydrogen-bond acceptors (Lipinski definition) is 4. The standard InChI is InChI=1S/C12H10N4O/c17-8-9-7-13-6-5-11(9)16-12-4-2-1-3-10(12)14-15-16/h1-7,17H,8H2. The van der Waals surface area contributed by atoms with E-state index in [1.54, 1.807) is 17.1 Å². The van der Waals surface area contributed by atoms with Crippen LogP contribution in [0.15, 0.2) is 42.7 Å². The number of pyridine rings is 1. The van der Waals surface area contributed by atoms with Crippen molar-refractivity contribution in [3.8, 4) is 5.69 Å². The number of fused-ring (bicyclic) bond motifs is 1. The molecule has 17 heavy (non-hydrogen) atoms. The van der Waals surface area contributed by atoms with Gasteiger partial charge in [0.1, 0.15) is 5.52 Å². The minimum Gasteiger partial charge on any atom is -0.392 e. The highest BCUT2D eigenvalue weighted by Crippen LogP contribution is 2.18. The van der Waals surface area contributed by atoms with Gasteiger partial charge in [0.25, 0.3) is 0 Å². The Morgan fingerprint density at radius 3 is 2.94 bits per heavy atom. The molecule has 0 atom stereocenters. The van der Waals surface area contributed by atoms with E-state index >= 15 is 0 Å². The third-order valence-electron chi connectivity index (χ3n) is 2.63. The van der Waals surface area contributed by atoms with Crippen molar-refractivity contribution in [2.24, 2.45) is 0 Å². The van der Waals surface area contributed by atoms with Crippen molar-refractivity contribution in [3.05, 3.63) is 48.3 Å². The maximum Gasteiger partial charge on any atom is 0.113 e. The predicted octanol–water partition coefficient (Wildman–Crippen LogP) is 1.31. The van der Waals surface area contributed by atoms with Crippen molar-refractivity contribution in [1.82, 2.24) is 20.0 Å². The Balaban J connectivity index is 2.27. The van der Waals surface area contributed by atoms with Crippen LogP contribution in [-0.4, -0.2) is 25.1 Å². The van der Waals surface area contributed by atoms with E-state index in [9.17, 15) is 5.11 Å². The first kappa shape index (κ1) is 9.92. The van der Waals surface area contributed by atoms with Crippen LogP contribution in [0.4, 0.5) is 0 Å². The van der Waals surface area contributed by atoms with Crippen molar-refractivity contribution < 1.29 is 5.11 Å². The molecular formula is C12H10N4O. The zero-order chi connectivity index (χ0) is 11.7. The molecule has 0 saturated carbocycles. The van der Waals surface area contributed by atoms with Gasteiger partial charge < -0.3 is 5.11 Å². The Kier molecular flexibility index (Phi) is 2.31. The quantitative estimate of drug-likeness (QED) is 0.715. The van der Waals surface area contributed by atoms with Crippen LogP contribution in [0.3, 0.4) is 0 Å². The van der Waals surface area contributed by atoms with Crippen LogP contribution in [0.25, 0.3) is 16.7 Å². The molecule has 3 aromatic rings. The maximum atomic E-state index is 9.29. The normalized spacial score (nSPS) is 10.9. The molecule has 0 amide bonds. The fourth-order valence-corrected chi connectivity index (χ4v) is 1.80. The second-order valence-corrected chi connectivity index (χ2v) is 3.65. The smallest absolute Gasteiger partial charge is 0.113 e. The van der Waals surface area contributed by atoms with E-state index in [-0.39, 0.29) is 6.61 Å². The van der Waals surface area contributed by atoms with Crippen molar-refractivity contribution in [3.63, 3.8) is 0 Å². The van der Waals surface area contributed by atoms with E-state index in [1.807, 2.05) is 30.3 Å². The lowest BCUT2D eigenvalue weighted by Crippen LogP contribution is -2.02. The minimum absolute atomic E-state index is 0.0721. The Bertz CT molecular complexity index is 662. The van der Waals surface area contributed by atoms with Gasteiger partial charge in [0.05, 0.1) is 17.8 Å². The molecule has 0 spiro atoms. The molecule has 1 aromatic carbocycles. The van der Waals surface area contributed by atoms with Crippen molar-refractivity contribution in [2.45, 2.75) is 6.61 Å². The molecule has 0 radical (unpaired) electrons. The van der Waals surface area contributed by atoms with E-state index in [1.165, 1.54) is 0 Å². The number of aromatic nitrogens is 4. The van der Waals surface area contributed by atoms with Crippen LogP contribution in [0.5, 0.6) is 0 Å². The molecule has 2 heterocycles. The molecule has 3 rings (SSSR count). The predicted molar refractivity (Wildman–Crippen MR) is 62.6 cm³/mol. The number of aliphatic hydroxyl groups excluding tert-OH is 1. The maximum absolute atomic E-state index is 9.29. The number of hydrogen-bond donors (Lipinski definition) is 1. The first-order valence-electron chi connectivity index (χ1n) is 5.25. The molecule has 0 aliphatic heterocycles. The van der Waals surface area contributed by atoms with Crippen LogP contribution >= 0.6 is 0 Å².